The first-order chi connectivity index (χ1) is 70.3. The first-order valence-electron chi connectivity index (χ1n) is 50.1. The Morgan fingerprint density at radius 3 is 0.979 bits per heavy atom. The van der Waals surface area contributed by atoms with Crippen molar-refractivity contribution in [2.45, 2.75) is 202 Å². The largest absolute Gasteiger partial charge is 0.508 e. The summed E-state index contributed by atoms with van der Waals surface area (Å²) in [6.45, 7) is 3.84. The summed E-state index contributed by atoms with van der Waals surface area (Å²) in [6, 6.07) is 102. The van der Waals surface area contributed by atoms with Crippen LogP contribution in [0.3, 0.4) is 0 Å². The van der Waals surface area contributed by atoms with Gasteiger partial charge in [0.05, 0.1) is 13.1 Å². The van der Waals surface area contributed by atoms with Crippen molar-refractivity contribution < 1.29 is 46.8 Å². The van der Waals surface area contributed by atoms with E-state index in [0.29, 0.717) is 41.7 Å². The molecule has 0 saturated carbocycles. The quantitative estimate of drug-likeness (QED) is 0.0317. The van der Waals surface area contributed by atoms with Crippen molar-refractivity contribution in [3.8, 4) is 23.0 Å². The van der Waals surface area contributed by atoms with Crippen molar-refractivity contribution >= 4 is 28.4 Å². The third kappa shape index (κ3) is 27.2. The van der Waals surface area contributed by atoms with E-state index in [4.69, 9.17) is 0 Å². The van der Waals surface area contributed by atoms with Crippen LogP contribution >= 0.6 is 22.7 Å². The second-order valence-electron chi connectivity index (χ2n) is 38.3. The molecule has 21 rings (SSSR count). The molecule has 14 nitrogen and oxygen atoms in total. The summed E-state index contributed by atoms with van der Waals surface area (Å²) in [7, 11) is 4.21. The maximum absolute atomic E-state index is 13.4. The summed E-state index contributed by atoms with van der Waals surface area (Å²) in [5.41, 5.74) is 17.2. The number of hydrogen-bond acceptors (Lipinski definition) is 16. The average molecular weight is 1970 g/mol. The molecule has 5 fully saturated rings. The Kier molecular flexibility index (Phi) is 35.6. The van der Waals surface area contributed by atoms with E-state index in [-0.39, 0.29) is 100 Å². The second-order valence-corrected chi connectivity index (χ2v) is 40.3. The lowest BCUT2D eigenvalue weighted by Gasteiger charge is -2.44. The molecule has 4 N–H and O–H groups in total. The number of anilines is 1. The summed E-state index contributed by atoms with van der Waals surface area (Å²) in [4.78, 5) is 31.6. The molecule has 740 valence electrons. The van der Waals surface area contributed by atoms with Crippen LogP contribution < -0.4 is 4.90 Å². The number of phenolic OH excluding ortho intramolecular Hbond substituents is 4. The van der Waals surface area contributed by atoms with Gasteiger partial charge in [-0.3, -0.25) is 34.5 Å². The number of aromatic nitrogens is 4. The van der Waals surface area contributed by atoms with Crippen LogP contribution in [0.25, 0.3) is 0 Å². The maximum atomic E-state index is 13.4. The number of nitrogens with zero attached hydrogens (tertiary/aromatic N) is 10. The van der Waals surface area contributed by atoms with Gasteiger partial charge in [0, 0.05) is 165 Å². The van der Waals surface area contributed by atoms with E-state index in [9.17, 15) is 46.8 Å². The number of rotatable bonds is 25. The van der Waals surface area contributed by atoms with Gasteiger partial charge >= 0.3 is 0 Å². The van der Waals surface area contributed by atoms with E-state index in [1.165, 1.54) is 138 Å². The Bertz CT molecular complexity index is 6370. The van der Waals surface area contributed by atoms with Crippen LogP contribution in [-0.4, -0.2) is 91.0 Å². The van der Waals surface area contributed by atoms with Crippen molar-refractivity contribution in [2.24, 2.45) is 0 Å². The molecule has 5 aliphatic heterocycles. The van der Waals surface area contributed by atoms with Gasteiger partial charge in [-0.1, -0.05) is 176 Å². The molecule has 4 aromatic heterocycles. The molecule has 9 heterocycles. The van der Waals surface area contributed by atoms with Crippen molar-refractivity contribution in [3.05, 3.63) is 492 Å². The summed E-state index contributed by atoms with van der Waals surface area (Å²) >= 11 is 3.31. The fourth-order valence-electron chi connectivity index (χ4n) is 21.9. The van der Waals surface area contributed by atoms with Gasteiger partial charge in [-0.15, -0.1) is 22.7 Å². The number of benzene rings is 12. The lowest BCUT2D eigenvalue weighted by molar-refractivity contribution is 0.0662. The van der Waals surface area contributed by atoms with Crippen molar-refractivity contribution in [3.63, 3.8) is 0 Å². The zero-order valence-electron chi connectivity index (χ0n) is 81.3. The fraction of sp³-hybridized carbons (Fsp3) is 0.279. The Hall–Kier alpha value is -13.4. The molecule has 5 saturated heterocycles. The molecule has 144 heavy (non-hydrogen) atoms. The number of halogens is 6. The third-order valence-corrected chi connectivity index (χ3v) is 30.5. The zero-order chi connectivity index (χ0) is 99.6. The number of hydrogen-bond donors (Lipinski definition) is 4. The normalized spacial score (nSPS) is 19.9. The van der Waals surface area contributed by atoms with Crippen LogP contribution in [0, 0.1) is 34.9 Å². The highest BCUT2D eigenvalue weighted by atomic mass is 32.1. The summed E-state index contributed by atoms with van der Waals surface area (Å²) in [5, 5.41) is 46.8. The predicted molar refractivity (Wildman–Crippen MR) is 563 cm³/mol. The van der Waals surface area contributed by atoms with Gasteiger partial charge in [0.15, 0.2) is 0 Å². The molecule has 0 aliphatic carbocycles. The Labute approximate surface area is 850 Å². The van der Waals surface area contributed by atoms with E-state index in [1.807, 2.05) is 120 Å². The van der Waals surface area contributed by atoms with E-state index in [0.717, 1.165) is 159 Å². The van der Waals surface area contributed by atoms with Gasteiger partial charge in [-0.25, -0.2) is 36.3 Å². The molecule has 10 unspecified atom stereocenters. The van der Waals surface area contributed by atoms with Crippen molar-refractivity contribution in [1.82, 2.24) is 44.4 Å². The monoisotopic (exact) mass is 1970 g/mol. The zero-order valence-corrected chi connectivity index (χ0v) is 82.9. The molecule has 22 heteroatoms. The summed E-state index contributed by atoms with van der Waals surface area (Å²) in [6.07, 6.45) is 27.5. The number of likely N-dealkylation sites (tertiary alicyclic amines) is 5. The van der Waals surface area contributed by atoms with Crippen LogP contribution in [0.1, 0.15) is 238 Å². The van der Waals surface area contributed by atoms with Crippen molar-refractivity contribution in [2.75, 3.05) is 19.0 Å². The summed E-state index contributed by atoms with van der Waals surface area (Å²) in [5.74, 6) is -0.430. The number of aromatic hydroxyl groups is 4. The van der Waals surface area contributed by atoms with Crippen LogP contribution in [0.2, 0.25) is 0 Å². The highest BCUT2D eigenvalue weighted by molar-refractivity contribution is 7.09. The van der Waals surface area contributed by atoms with Gasteiger partial charge in [-0.05, 0) is 315 Å². The minimum atomic E-state index is -0.217. The molecular weight excluding hydrogens is 1850 g/mol. The van der Waals surface area contributed by atoms with E-state index in [1.54, 1.807) is 71.7 Å². The molecule has 0 amide bonds. The fourth-order valence-corrected chi connectivity index (χ4v) is 23.1. The molecule has 0 spiro atoms. The number of piperidine rings is 4. The molecule has 16 aromatic rings. The Morgan fingerprint density at radius 2 is 0.604 bits per heavy atom. The highest BCUT2D eigenvalue weighted by Crippen LogP contribution is 2.52. The van der Waals surface area contributed by atoms with E-state index >= 15 is 0 Å². The van der Waals surface area contributed by atoms with Crippen molar-refractivity contribution in [1.29, 1.82) is 0 Å². The van der Waals surface area contributed by atoms with Gasteiger partial charge in [0.25, 0.3) is 0 Å². The van der Waals surface area contributed by atoms with Gasteiger partial charge in [0.1, 0.15) is 67.9 Å². The Balaban J connectivity index is 0.000000124. The van der Waals surface area contributed by atoms with Gasteiger partial charge in [-0.2, -0.15) is 0 Å². The highest BCUT2D eigenvalue weighted by Gasteiger charge is 2.41. The molecule has 5 aliphatic rings. The second kappa shape index (κ2) is 50.2. The SMILES string of the molecule is CN(C)c1ccc(CN2C(CC(c3ccccc3)c3ccccc3)CCCC2c2ccccc2)cc1.Fc1ccc(C2CCCC(c3ccc(F)cc3)N2Cc2ccncc2)cc1.Fc1ccc(C2CCCC(c3ccc(F)cc3)N2Cc2nccs2)cc1.Fc1ccc(CC2CCCC(c3ccc(F)cc3)N2Cc2nccs2)cc1.Oc1ccc(O)c(C2CCC(c3cc(O)ccc3O)N2Cc2ccncc2)c1. The van der Waals surface area contributed by atoms with Gasteiger partial charge in [0.2, 0.25) is 0 Å². The number of pyridine rings is 2. The van der Waals surface area contributed by atoms with Crippen LogP contribution in [0.4, 0.5) is 32.0 Å². The predicted octanol–water partition coefficient (Wildman–Crippen LogP) is 29.5. The number of thiazole rings is 2. The standard InChI is InChI=1S/C34H38N2.C23H22F2N2.C22H22F2N2S.C22H22N2O4.C21H20F2N2S/c1-35(2)31-23-21-27(22-24-31)26-36-32(19-12-20-34(36)30-17-10-5-11-18-30)25-33(28-13-6-3-7-14-28)29-15-8-4-9-16-29;24-20-8-4-18(5-9-20)22-2-1-3-23(19-6-10-21(25)11-7-19)27(22)16-17-12-14-26-15-13-17;23-18-8-4-16(5-9-18)14-20-2-1-3-21(17-6-10-19(24)11-7-17)26(20)15-22-25-12-13-27-22;25-15-1-5-21(27)17(11-15)19-3-4-20(18-12-16(26)2-6-22(18)28)24(19)13-14-7-9-23-10-8-14;22-17-8-4-15(5-9-17)19-2-1-3-20(16-6-10-18(23)11-7-16)25(19)14-21-24-12-13-26-21/h3-11,13-18,21-24,32-34H,12,19-20,25-26H2,1-2H3;4-15,22-23H,1-3,16H2;4-13,20-21H,1-3,14-15H2;1-2,5-12,19-20,25-28H,3-4,13H2;4-13,19-20H,1-3,14H2. The van der Waals surface area contributed by atoms with Crippen LogP contribution in [0.15, 0.2) is 369 Å². The minimum Gasteiger partial charge on any atom is -0.508 e. The first kappa shape index (κ1) is 102. The van der Waals surface area contributed by atoms with E-state index in [2.05, 4.69) is 179 Å². The third-order valence-electron chi connectivity index (χ3n) is 28.9. The summed E-state index contributed by atoms with van der Waals surface area (Å²) < 4.78 is 80.3. The number of phenols is 4. The minimum absolute atomic E-state index is 0.0975. The molecule has 10 atom stereocenters. The lowest BCUT2D eigenvalue weighted by atomic mass is 9.81. The maximum Gasteiger partial charge on any atom is 0.123 e. The van der Waals surface area contributed by atoms with Gasteiger partial charge < -0.3 is 25.3 Å². The topological polar surface area (TPSA) is 152 Å². The smallest absolute Gasteiger partial charge is 0.123 e. The first-order valence-corrected chi connectivity index (χ1v) is 51.9. The van der Waals surface area contributed by atoms with Crippen LogP contribution in [0.5, 0.6) is 23.0 Å². The van der Waals surface area contributed by atoms with Crippen LogP contribution in [-0.2, 0) is 39.1 Å². The lowest BCUT2D eigenvalue weighted by Crippen LogP contribution is -2.42. The Morgan fingerprint density at radius 1 is 0.299 bits per heavy atom. The molecular formula is C122H124F6N10O4S2. The molecule has 0 radical (unpaired) electrons. The molecule has 0 bridgehead atoms. The molecule has 12 aromatic carbocycles. The van der Waals surface area contributed by atoms with E-state index < -0.39 is 0 Å². The average Bonchev–Trinajstić information content (AvgIpc) is 0.913.